The van der Waals surface area contributed by atoms with Crippen LogP contribution in [0.3, 0.4) is 0 Å². The van der Waals surface area contributed by atoms with Gasteiger partial charge in [0.25, 0.3) is 6.02 Å². The van der Waals surface area contributed by atoms with Crippen molar-refractivity contribution in [3.8, 4) is 0 Å². The van der Waals surface area contributed by atoms with Crippen molar-refractivity contribution in [3.63, 3.8) is 0 Å². The molecule has 0 bridgehead atoms. The number of hydrogen-bond acceptors (Lipinski definition) is 2. The van der Waals surface area contributed by atoms with E-state index in [9.17, 15) is 17.6 Å². The molecule has 1 unspecified atom stereocenters. The standard InChI is InChI=1S/C18H15ClF4N2O/c1-2-14-10-25(13-5-3-4-11(8-13)18(21,22)23)17(26-14)24-12-6-7-16(20)15(19)9-12/h3-9,14H,2,10H2,1H3. The van der Waals surface area contributed by atoms with Crippen LogP contribution in [0, 0.1) is 5.82 Å². The van der Waals surface area contributed by atoms with Crippen LogP contribution in [0.4, 0.5) is 28.9 Å². The van der Waals surface area contributed by atoms with Crippen LogP contribution < -0.4 is 4.90 Å². The summed E-state index contributed by atoms with van der Waals surface area (Å²) in [6.45, 7) is 2.28. The molecule has 1 atom stereocenters. The molecule has 2 aromatic carbocycles. The van der Waals surface area contributed by atoms with Crippen LogP contribution in [-0.2, 0) is 10.9 Å². The lowest BCUT2D eigenvalue weighted by molar-refractivity contribution is -0.137. The number of rotatable bonds is 3. The zero-order valence-corrected chi connectivity index (χ0v) is 14.5. The van der Waals surface area contributed by atoms with Crippen molar-refractivity contribution in [1.29, 1.82) is 0 Å². The molecule has 1 aliphatic rings. The summed E-state index contributed by atoms with van der Waals surface area (Å²) < 4.78 is 58.0. The number of halogens is 5. The average Bonchev–Trinajstić information content (AvgIpc) is 3.00. The van der Waals surface area contributed by atoms with E-state index in [4.69, 9.17) is 16.3 Å². The Morgan fingerprint density at radius 2 is 2.00 bits per heavy atom. The summed E-state index contributed by atoms with van der Waals surface area (Å²) in [5.41, 5.74) is -0.0815. The van der Waals surface area contributed by atoms with Crippen LogP contribution in [0.5, 0.6) is 0 Å². The molecule has 1 saturated heterocycles. The maximum Gasteiger partial charge on any atom is 0.416 e. The largest absolute Gasteiger partial charge is 0.459 e. The third kappa shape index (κ3) is 3.93. The van der Waals surface area contributed by atoms with Gasteiger partial charge < -0.3 is 4.74 Å². The van der Waals surface area contributed by atoms with E-state index in [2.05, 4.69) is 4.99 Å². The summed E-state index contributed by atoms with van der Waals surface area (Å²) in [4.78, 5) is 5.87. The molecule has 1 aliphatic heterocycles. The smallest absolute Gasteiger partial charge is 0.416 e. The molecule has 0 N–H and O–H groups in total. The molecule has 0 amide bonds. The normalized spacial score (nSPS) is 19.1. The van der Waals surface area contributed by atoms with Gasteiger partial charge in [0, 0.05) is 5.69 Å². The number of nitrogens with zero attached hydrogens (tertiary/aromatic N) is 2. The second-order valence-electron chi connectivity index (χ2n) is 5.80. The molecule has 0 spiro atoms. The zero-order valence-electron chi connectivity index (χ0n) is 13.7. The van der Waals surface area contributed by atoms with Gasteiger partial charge in [0.2, 0.25) is 0 Å². The van der Waals surface area contributed by atoms with E-state index in [0.29, 0.717) is 24.3 Å². The lowest BCUT2D eigenvalue weighted by Gasteiger charge is -2.17. The fourth-order valence-electron chi connectivity index (χ4n) is 2.56. The van der Waals surface area contributed by atoms with E-state index in [1.807, 2.05) is 6.92 Å². The van der Waals surface area contributed by atoms with Crippen molar-refractivity contribution in [3.05, 3.63) is 58.9 Å². The molecule has 1 fully saturated rings. The second-order valence-corrected chi connectivity index (χ2v) is 6.21. The first-order chi connectivity index (χ1) is 12.3. The highest BCUT2D eigenvalue weighted by atomic mass is 35.5. The van der Waals surface area contributed by atoms with Crippen LogP contribution in [0.2, 0.25) is 5.02 Å². The SMILES string of the molecule is CCC1CN(c2cccc(C(F)(F)F)c2)C(=Nc2ccc(F)c(Cl)c2)O1. The topological polar surface area (TPSA) is 24.8 Å². The number of aliphatic imine (C=N–C) groups is 1. The molecule has 0 saturated carbocycles. The molecular formula is C18H15ClF4N2O. The Balaban J connectivity index is 1.98. The van der Waals surface area contributed by atoms with Gasteiger partial charge in [-0.15, -0.1) is 0 Å². The number of amidine groups is 1. The van der Waals surface area contributed by atoms with Gasteiger partial charge in [0.05, 0.1) is 22.8 Å². The fraction of sp³-hybridized carbons (Fsp3) is 0.278. The van der Waals surface area contributed by atoms with Gasteiger partial charge in [0.15, 0.2) is 0 Å². The van der Waals surface area contributed by atoms with E-state index >= 15 is 0 Å². The van der Waals surface area contributed by atoms with Crippen LogP contribution in [0.1, 0.15) is 18.9 Å². The van der Waals surface area contributed by atoms with Gasteiger partial charge in [-0.1, -0.05) is 24.6 Å². The van der Waals surface area contributed by atoms with Crippen molar-refractivity contribution >= 4 is 29.0 Å². The first-order valence-corrected chi connectivity index (χ1v) is 8.31. The van der Waals surface area contributed by atoms with E-state index in [-0.39, 0.29) is 17.1 Å². The van der Waals surface area contributed by atoms with Gasteiger partial charge in [-0.05, 0) is 42.8 Å². The van der Waals surface area contributed by atoms with E-state index in [0.717, 1.165) is 12.1 Å². The molecule has 0 radical (unpaired) electrons. The van der Waals surface area contributed by atoms with E-state index in [1.54, 1.807) is 11.0 Å². The highest BCUT2D eigenvalue weighted by Gasteiger charge is 2.34. The van der Waals surface area contributed by atoms with Crippen LogP contribution in [0.25, 0.3) is 0 Å². The maximum absolute atomic E-state index is 13.3. The molecule has 1 heterocycles. The number of hydrogen-bond donors (Lipinski definition) is 0. The Hall–Kier alpha value is -2.28. The highest BCUT2D eigenvalue weighted by Crippen LogP contribution is 2.33. The first-order valence-electron chi connectivity index (χ1n) is 7.93. The van der Waals surface area contributed by atoms with Crippen molar-refractivity contribution in [2.45, 2.75) is 25.6 Å². The minimum atomic E-state index is -4.44. The Kier molecular flexibility index (Phi) is 5.09. The predicted octanol–water partition coefficient (Wildman–Crippen LogP) is 5.80. The average molecular weight is 387 g/mol. The monoisotopic (exact) mass is 386 g/mol. The number of benzene rings is 2. The lowest BCUT2D eigenvalue weighted by atomic mass is 10.1. The third-order valence-corrected chi connectivity index (χ3v) is 4.25. The predicted molar refractivity (Wildman–Crippen MR) is 92.5 cm³/mol. The first kappa shape index (κ1) is 18.5. The van der Waals surface area contributed by atoms with Crippen LogP contribution in [-0.4, -0.2) is 18.7 Å². The van der Waals surface area contributed by atoms with Gasteiger partial charge in [-0.2, -0.15) is 18.2 Å². The van der Waals surface area contributed by atoms with Crippen molar-refractivity contribution in [2.75, 3.05) is 11.4 Å². The summed E-state index contributed by atoms with van der Waals surface area (Å²) in [5.74, 6) is -0.580. The summed E-state index contributed by atoms with van der Waals surface area (Å²) in [6.07, 6.45) is -3.99. The highest BCUT2D eigenvalue weighted by molar-refractivity contribution is 6.31. The summed E-state index contributed by atoms with van der Waals surface area (Å²) in [5, 5.41) is -0.0949. The van der Waals surface area contributed by atoms with Crippen LogP contribution >= 0.6 is 11.6 Å². The minimum absolute atomic E-state index is 0.0949. The summed E-state index contributed by atoms with van der Waals surface area (Å²) in [6, 6.07) is 9.02. The Morgan fingerprint density at radius 3 is 2.65 bits per heavy atom. The Labute approximate surface area is 152 Å². The van der Waals surface area contributed by atoms with Crippen molar-refractivity contribution in [1.82, 2.24) is 0 Å². The molecule has 8 heteroatoms. The lowest BCUT2D eigenvalue weighted by Crippen LogP contribution is -2.26. The van der Waals surface area contributed by atoms with Gasteiger partial charge in [0.1, 0.15) is 11.9 Å². The molecule has 0 aliphatic carbocycles. The molecular weight excluding hydrogens is 372 g/mol. The van der Waals surface area contributed by atoms with Gasteiger partial charge in [-0.25, -0.2) is 4.39 Å². The molecule has 3 nitrogen and oxygen atoms in total. The van der Waals surface area contributed by atoms with E-state index < -0.39 is 17.6 Å². The fourth-order valence-corrected chi connectivity index (χ4v) is 2.74. The zero-order chi connectivity index (χ0) is 18.9. The number of anilines is 1. The van der Waals surface area contributed by atoms with Gasteiger partial charge in [-0.3, -0.25) is 4.90 Å². The van der Waals surface area contributed by atoms with Gasteiger partial charge >= 0.3 is 6.18 Å². The molecule has 0 aromatic heterocycles. The van der Waals surface area contributed by atoms with Crippen molar-refractivity contribution < 1.29 is 22.3 Å². The quantitative estimate of drug-likeness (QED) is 0.623. The molecule has 26 heavy (non-hydrogen) atoms. The summed E-state index contributed by atoms with van der Waals surface area (Å²) >= 11 is 5.76. The molecule has 2 aromatic rings. The molecule has 138 valence electrons. The van der Waals surface area contributed by atoms with E-state index in [1.165, 1.54) is 24.3 Å². The Bertz CT molecular complexity index is 838. The second kappa shape index (κ2) is 7.15. The third-order valence-electron chi connectivity index (χ3n) is 3.96. The maximum atomic E-state index is 13.3. The van der Waals surface area contributed by atoms with Crippen molar-refractivity contribution in [2.24, 2.45) is 4.99 Å². The summed E-state index contributed by atoms with van der Waals surface area (Å²) in [7, 11) is 0. The molecule has 3 rings (SSSR count). The Morgan fingerprint density at radius 1 is 1.23 bits per heavy atom. The number of alkyl halides is 3. The minimum Gasteiger partial charge on any atom is -0.459 e. The van der Waals surface area contributed by atoms with Crippen LogP contribution in [0.15, 0.2) is 47.5 Å². The number of ether oxygens (including phenoxy) is 1.